The molecular weight excluding hydrogens is 138 g/mol. The van der Waals surface area contributed by atoms with Crippen molar-refractivity contribution in [3.05, 3.63) is 12.2 Å². The molecule has 3 heteroatoms. The standard InChI is InChI=1S/C8H13N3/c1-2-6-4-3-5-7(11-6)8(9)10/h3,5-6H,2,4H2,1H3,(H3,9,10)/t6-/m0/s1. The van der Waals surface area contributed by atoms with Crippen molar-refractivity contribution in [3.8, 4) is 0 Å². The van der Waals surface area contributed by atoms with Crippen LogP contribution in [0.1, 0.15) is 19.8 Å². The Morgan fingerprint density at radius 2 is 2.64 bits per heavy atom. The fourth-order valence-corrected chi connectivity index (χ4v) is 1.05. The zero-order valence-corrected chi connectivity index (χ0v) is 6.67. The van der Waals surface area contributed by atoms with E-state index in [0.29, 0.717) is 11.8 Å². The van der Waals surface area contributed by atoms with Crippen LogP contribution in [0.4, 0.5) is 0 Å². The molecule has 0 saturated heterocycles. The van der Waals surface area contributed by atoms with Crippen LogP contribution in [-0.4, -0.2) is 17.6 Å². The molecule has 60 valence electrons. The lowest BCUT2D eigenvalue weighted by molar-refractivity contribution is 0.658. The van der Waals surface area contributed by atoms with Gasteiger partial charge in [0.15, 0.2) is 0 Å². The second kappa shape index (κ2) is 3.32. The van der Waals surface area contributed by atoms with Crippen LogP contribution >= 0.6 is 0 Å². The van der Waals surface area contributed by atoms with Gasteiger partial charge in [-0.3, -0.25) is 10.4 Å². The predicted molar refractivity (Wildman–Crippen MR) is 47.2 cm³/mol. The first-order valence-electron chi connectivity index (χ1n) is 3.82. The molecule has 0 aromatic carbocycles. The molecule has 1 atom stereocenters. The van der Waals surface area contributed by atoms with E-state index in [9.17, 15) is 0 Å². The zero-order chi connectivity index (χ0) is 8.27. The van der Waals surface area contributed by atoms with Crippen molar-refractivity contribution >= 4 is 11.5 Å². The first-order valence-corrected chi connectivity index (χ1v) is 3.82. The average molecular weight is 151 g/mol. The third-order valence-electron chi connectivity index (χ3n) is 1.75. The number of dihydropyridines is 1. The molecule has 0 amide bonds. The molecule has 1 rings (SSSR count). The predicted octanol–water partition coefficient (Wildman–Crippen LogP) is 1.10. The third-order valence-corrected chi connectivity index (χ3v) is 1.75. The number of nitrogens with two attached hydrogens (primary N) is 1. The molecule has 0 fully saturated rings. The van der Waals surface area contributed by atoms with Crippen LogP contribution < -0.4 is 5.73 Å². The minimum absolute atomic E-state index is 0.0689. The Labute approximate surface area is 66.5 Å². The Morgan fingerprint density at radius 1 is 1.91 bits per heavy atom. The van der Waals surface area contributed by atoms with Gasteiger partial charge in [-0.15, -0.1) is 0 Å². The van der Waals surface area contributed by atoms with Gasteiger partial charge in [-0.25, -0.2) is 0 Å². The largest absolute Gasteiger partial charge is 0.382 e. The molecule has 0 bridgehead atoms. The van der Waals surface area contributed by atoms with Crippen LogP contribution in [0.3, 0.4) is 0 Å². The lowest BCUT2D eigenvalue weighted by Gasteiger charge is -2.12. The Bertz CT molecular complexity index is 215. The van der Waals surface area contributed by atoms with Crippen LogP contribution in [0.5, 0.6) is 0 Å². The monoisotopic (exact) mass is 151 g/mol. The lowest BCUT2D eigenvalue weighted by atomic mass is 10.1. The first kappa shape index (κ1) is 7.98. The molecule has 0 radical (unpaired) electrons. The third kappa shape index (κ3) is 1.90. The van der Waals surface area contributed by atoms with E-state index in [1.54, 1.807) is 0 Å². The summed E-state index contributed by atoms with van der Waals surface area (Å²) in [6.45, 7) is 2.09. The van der Waals surface area contributed by atoms with Gasteiger partial charge >= 0.3 is 0 Å². The molecule has 0 aromatic heterocycles. The van der Waals surface area contributed by atoms with Gasteiger partial charge in [0.25, 0.3) is 0 Å². The number of hydrogen-bond donors (Lipinski definition) is 2. The van der Waals surface area contributed by atoms with E-state index < -0.39 is 0 Å². The van der Waals surface area contributed by atoms with Crippen molar-refractivity contribution in [2.24, 2.45) is 10.7 Å². The number of hydrogen-bond acceptors (Lipinski definition) is 2. The highest BCUT2D eigenvalue weighted by Crippen LogP contribution is 2.09. The maximum absolute atomic E-state index is 7.15. The Kier molecular flexibility index (Phi) is 2.41. The van der Waals surface area contributed by atoms with E-state index in [-0.39, 0.29) is 5.84 Å². The van der Waals surface area contributed by atoms with Gasteiger partial charge in [-0.1, -0.05) is 13.0 Å². The second-order valence-electron chi connectivity index (χ2n) is 2.63. The molecule has 3 N–H and O–H groups in total. The highest BCUT2D eigenvalue weighted by Gasteiger charge is 2.09. The number of amidine groups is 1. The number of aliphatic imine (C=N–C) groups is 1. The summed E-state index contributed by atoms with van der Waals surface area (Å²) in [7, 11) is 0. The van der Waals surface area contributed by atoms with E-state index >= 15 is 0 Å². The number of rotatable bonds is 2. The zero-order valence-electron chi connectivity index (χ0n) is 6.67. The van der Waals surface area contributed by atoms with Crippen LogP contribution in [0, 0.1) is 5.41 Å². The molecule has 0 unspecified atom stereocenters. The summed E-state index contributed by atoms with van der Waals surface area (Å²) in [6.07, 6.45) is 5.83. The summed E-state index contributed by atoms with van der Waals surface area (Å²) in [5.41, 5.74) is 5.91. The molecule has 3 nitrogen and oxygen atoms in total. The van der Waals surface area contributed by atoms with Crippen LogP contribution in [-0.2, 0) is 0 Å². The van der Waals surface area contributed by atoms with Crippen LogP contribution in [0.2, 0.25) is 0 Å². The quantitative estimate of drug-likeness (QED) is 0.450. The first-order chi connectivity index (χ1) is 5.24. The van der Waals surface area contributed by atoms with E-state index in [0.717, 1.165) is 12.8 Å². The van der Waals surface area contributed by atoms with E-state index in [1.807, 2.05) is 12.2 Å². The van der Waals surface area contributed by atoms with Gasteiger partial charge in [0.2, 0.25) is 0 Å². The van der Waals surface area contributed by atoms with E-state index in [1.165, 1.54) is 0 Å². The molecule has 0 aliphatic carbocycles. The highest BCUT2D eigenvalue weighted by atomic mass is 14.9. The van der Waals surface area contributed by atoms with Crippen molar-refractivity contribution in [1.82, 2.24) is 0 Å². The summed E-state index contributed by atoms with van der Waals surface area (Å²) in [6, 6.07) is 0.332. The lowest BCUT2D eigenvalue weighted by Crippen LogP contribution is -2.24. The fourth-order valence-electron chi connectivity index (χ4n) is 1.05. The molecule has 0 aromatic rings. The Balaban J connectivity index is 2.71. The number of nitrogens with zero attached hydrogens (tertiary/aromatic N) is 1. The SMILES string of the molecule is CC[C@H]1CC=CC(C(=N)N)=N1. The minimum Gasteiger partial charge on any atom is -0.382 e. The van der Waals surface area contributed by atoms with Crippen molar-refractivity contribution in [1.29, 1.82) is 5.41 Å². The second-order valence-corrected chi connectivity index (χ2v) is 2.63. The van der Waals surface area contributed by atoms with Crippen LogP contribution in [0.25, 0.3) is 0 Å². The van der Waals surface area contributed by atoms with Crippen molar-refractivity contribution < 1.29 is 0 Å². The van der Waals surface area contributed by atoms with E-state index in [2.05, 4.69) is 11.9 Å². The average Bonchev–Trinajstić information content (AvgIpc) is 2.05. The molecule has 0 saturated carbocycles. The highest BCUT2D eigenvalue weighted by molar-refractivity contribution is 6.44. The van der Waals surface area contributed by atoms with Gasteiger partial charge < -0.3 is 5.73 Å². The summed E-state index contributed by atoms with van der Waals surface area (Å²) >= 11 is 0. The maximum atomic E-state index is 7.15. The summed E-state index contributed by atoms with van der Waals surface area (Å²) in [5.74, 6) is 0.0689. The summed E-state index contributed by atoms with van der Waals surface area (Å²) in [5, 5.41) is 7.15. The molecular formula is C8H13N3. The minimum atomic E-state index is 0.0689. The van der Waals surface area contributed by atoms with Gasteiger partial charge in [0.05, 0.1) is 11.8 Å². The molecule has 11 heavy (non-hydrogen) atoms. The van der Waals surface area contributed by atoms with Crippen molar-refractivity contribution in [3.63, 3.8) is 0 Å². The fraction of sp³-hybridized carbons (Fsp3) is 0.500. The topological polar surface area (TPSA) is 62.2 Å². The summed E-state index contributed by atoms with van der Waals surface area (Å²) in [4.78, 5) is 4.28. The Hall–Kier alpha value is -1.12. The van der Waals surface area contributed by atoms with Gasteiger partial charge in [-0.2, -0.15) is 0 Å². The van der Waals surface area contributed by atoms with Crippen LogP contribution in [0.15, 0.2) is 17.1 Å². The smallest absolute Gasteiger partial charge is 0.141 e. The van der Waals surface area contributed by atoms with Crippen molar-refractivity contribution in [2.45, 2.75) is 25.8 Å². The van der Waals surface area contributed by atoms with Gasteiger partial charge in [-0.05, 0) is 18.9 Å². The van der Waals surface area contributed by atoms with Gasteiger partial charge in [0, 0.05) is 0 Å². The molecule has 0 spiro atoms. The van der Waals surface area contributed by atoms with E-state index in [4.69, 9.17) is 11.1 Å². The maximum Gasteiger partial charge on any atom is 0.141 e. The molecule has 1 heterocycles. The number of nitrogens with one attached hydrogen (secondary N) is 1. The summed E-state index contributed by atoms with van der Waals surface area (Å²) < 4.78 is 0. The Morgan fingerprint density at radius 3 is 3.18 bits per heavy atom. The molecule has 1 aliphatic heterocycles. The molecule has 1 aliphatic rings. The van der Waals surface area contributed by atoms with Gasteiger partial charge in [0.1, 0.15) is 5.84 Å². The van der Waals surface area contributed by atoms with Crippen molar-refractivity contribution in [2.75, 3.05) is 0 Å². The normalized spacial score (nSPS) is 23.0.